The van der Waals surface area contributed by atoms with Gasteiger partial charge in [-0.1, -0.05) is 38.1 Å². The van der Waals surface area contributed by atoms with Gasteiger partial charge in [0.15, 0.2) is 0 Å². The van der Waals surface area contributed by atoms with E-state index in [-0.39, 0.29) is 16.7 Å². The van der Waals surface area contributed by atoms with Gasteiger partial charge in [0.05, 0.1) is 27.3 Å². The third-order valence-corrected chi connectivity index (χ3v) is 8.56. The number of ether oxygens (including phenoxy) is 1. The first kappa shape index (κ1) is 26.6. The number of rotatable bonds is 10. The van der Waals surface area contributed by atoms with Gasteiger partial charge in [0.2, 0.25) is 10.0 Å². The minimum absolute atomic E-state index is 0.0819. The summed E-state index contributed by atoms with van der Waals surface area (Å²) in [4.78, 5) is 14.7. The number of amides is 1. The maximum absolute atomic E-state index is 13.7. The predicted octanol–water partition coefficient (Wildman–Crippen LogP) is 5.67. The van der Waals surface area contributed by atoms with Gasteiger partial charge in [0.1, 0.15) is 17.1 Å². The summed E-state index contributed by atoms with van der Waals surface area (Å²) in [5.41, 5.74) is 1.97. The van der Waals surface area contributed by atoms with Crippen LogP contribution in [0.15, 0.2) is 77.0 Å². The Morgan fingerprint density at radius 2 is 1.78 bits per heavy atom. The van der Waals surface area contributed by atoms with Crippen molar-refractivity contribution in [3.63, 3.8) is 0 Å². The average Bonchev–Trinajstić information content (AvgIpc) is 3.56. The Morgan fingerprint density at radius 1 is 1.05 bits per heavy atom. The molecule has 0 aliphatic heterocycles. The highest BCUT2D eigenvalue weighted by Crippen LogP contribution is 2.32. The van der Waals surface area contributed by atoms with Gasteiger partial charge in [-0.25, -0.2) is 13.1 Å². The molecule has 0 fully saturated rings. The molecule has 0 unspecified atom stereocenters. The minimum atomic E-state index is -3.74. The lowest BCUT2D eigenvalue weighted by molar-refractivity contribution is 0.101. The third kappa shape index (κ3) is 5.76. The number of aromatic nitrogens is 2. The number of hydrogen-bond donors (Lipinski definition) is 1. The van der Waals surface area contributed by atoms with Gasteiger partial charge in [0, 0.05) is 13.1 Å². The fraction of sp³-hybridized carbons (Fsp3) is 0.259. The second-order valence-corrected chi connectivity index (χ2v) is 11.4. The van der Waals surface area contributed by atoms with Gasteiger partial charge in [-0.2, -0.15) is 9.40 Å². The van der Waals surface area contributed by atoms with E-state index in [2.05, 4.69) is 5.32 Å². The quantitative estimate of drug-likeness (QED) is 0.281. The first-order valence-corrected chi connectivity index (χ1v) is 14.4. The van der Waals surface area contributed by atoms with E-state index < -0.39 is 15.9 Å². The monoisotopic (exact) mass is 538 g/mol. The zero-order valence-corrected chi connectivity index (χ0v) is 22.8. The molecule has 0 saturated carbocycles. The van der Waals surface area contributed by atoms with Crippen molar-refractivity contribution in [1.82, 2.24) is 14.1 Å². The van der Waals surface area contributed by atoms with Gasteiger partial charge in [-0.3, -0.25) is 4.79 Å². The number of thiophene rings is 1. The van der Waals surface area contributed by atoms with Crippen LogP contribution < -0.4 is 10.1 Å². The molecule has 2 aromatic carbocycles. The summed E-state index contributed by atoms with van der Waals surface area (Å²) in [6.45, 7) is 7.98. The van der Waals surface area contributed by atoms with E-state index in [4.69, 9.17) is 9.84 Å². The summed E-state index contributed by atoms with van der Waals surface area (Å²) < 4.78 is 35.2. The van der Waals surface area contributed by atoms with E-state index in [0.717, 1.165) is 10.6 Å². The van der Waals surface area contributed by atoms with Crippen LogP contribution in [-0.2, 0) is 10.0 Å². The second kappa shape index (κ2) is 11.3. The van der Waals surface area contributed by atoms with Gasteiger partial charge in [-0.15, -0.1) is 11.3 Å². The summed E-state index contributed by atoms with van der Waals surface area (Å²) in [6.07, 6.45) is -0.179. The summed E-state index contributed by atoms with van der Waals surface area (Å²) in [5.74, 6) is -0.0590. The normalized spacial score (nSPS) is 11.7. The smallest absolute Gasteiger partial charge is 0.274 e. The number of hydrogen-bond acceptors (Lipinski definition) is 6. The predicted molar refractivity (Wildman–Crippen MR) is 147 cm³/mol. The molecule has 2 aromatic heterocycles. The number of nitrogens with zero attached hydrogens (tertiary/aromatic N) is 3. The van der Waals surface area contributed by atoms with Gasteiger partial charge in [0.25, 0.3) is 5.91 Å². The van der Waals surface area contributed by atoms with E-state index in [0.29, 0.717) is 30.2 Å². The SMILES string of the molecule is CCN(CC)S(=O)(=O)c1ccc(OC(C)C)c(NC(=O)c2cc(-c3cccs3)nn2-c2ccccc2)c1. The minimum Gasteiger partial charge on any atom is -0.489 e. The van der Waals surface area contributed by atoms with E-state index in [1.54, 1.807) is 30.7 Å². The molecule has 1 N–H and O–H groups in total. The van der Waals surface area contributed by atoms with Crippen LogP contribution in [0.3, 0.4) is 0 Å². The molecule has 37 heavy (non-hydrogen) atoms. The lowest BCUT2D eigenvalue weighted by atomic mass is 10.2. The van der Waals surface area contributed by atoms with Crippen LogP contribution in [0, 0.1) is 0 Å². The highest BCUT2D eigenvalue weighted by atomic mass is 32.2. The van der Waals surface area contributed by atoms with Crippen molar-refractivity contribution >= 4 is 33.0 Å². The first-order valence-electron chi connectivity index (χ1n) is 12.1. The Kier molecular flexibility index (Phi) is 8.11. The van der Waals surface area contributed by atoms with Gasteiger partial charge in [-0.05, 0) is 61.7 Å². The Balaban J connectivity index is 1.77. The lowest BCUT2D eigenvalue weighted by Gasteiger charge is -2.20. The van der Waals surface area contributed by atoms with E-state index in [1.807, 2.05) is 61.7 Å². The molecule has 0 atom stereocenters. The van der Waals surface area contributed by atoms with Crippen molar-refractivity contribution in [2.24, 2.45) is 0 Å². The largest absolute Gasteiger partial charge is 0.489 e. The number of carbonyl (C=O) groups is 1. The lowest BCUT2D eigenvalue weighted by Crippen LogP contribution is -2.30. The number of carbonyl (C=O) groups excluding carboxylic acids is 1. The van der Waals surface area contributed by atoms with E-state index >= 15 is 0 Å². The van der Waals surface area contributed by atoms with E-state index in [1.165, 1.54) is 27.8 Å². The number of para-hydroxylation sites is 1. The topological polar surface area (TPSA) is 93.5 Å². The number of sulfonamides is 1. The summed E-state index contributed by atoms with van der Waals surface area (Å²) >= 11 is 1.53. The number of benzene rings is 2. The molecule has 2 heterocycles. The van der Waals surface area contributed by atoms with Crippen molar-refractivity contribution < 1.29 is 17.9 Å². The fourth-order valence-corrected chi connectivity index (χ4v) is 6.04. The third-order valence-electron chi connectivity index (χ3n) is 5.62. The Hall–Kier alpha value is -3.47. The average molecular weight is 539 g/mol. The zero-order chi connectivity index (χ0) is 26.6. The van der Waals surface area contributed by atoms with Gasteiger partial charge >= 0.3 is 0 Å². The molecule has 194 valence electrons. The molecule has 4 rings (SSSR count). The molecule has 10 heteroatoms. The number of anilines is 1. The van der Waals surface area contributed by atoms with Crippen LogP contribution in [0.2, 0.25) is 0 Å². The molecule has 0 saturated heterocycles. The van der Waals surface area contributed by atoms with Crippen LogP contribution in [-0.4, -0.2) is 47.6 Å². The molecule has 0 bridgehead atoms. The number of nitrogens with one attached hydrogen (secondary N) is 1. The second-order valence-electron chi connectivity index (χ2n) is 8.51. The van der Waals surface area contributed by atoms with Crippen molar-refractivity contribution in [1.29, 1.82) is 0 Å². The molecule has 0 aliphatic carbocycles. The summed E-state index contributed by atoms with van der Waals surface area (Å²) in [5, 5.41) is 9.53. The van der Waals surface area contributed by atoms with Crippen molar-refractivity contribution in [2.75, 3.05) is 18.4 Å². The van der Waals surface area contributed by atoms with Crippen molar-refractivity contribution in [3.05, 3.63) is 77.8 Å². The van der Waals surface area contributed by atoms with Crippen LogP contribution >= 0.6 is 11.3 Å². The Bertz CT molecular complexity index is 1460. The molecule has 8 nitrogen and oxygen atoms in total. The molecule has 0 aliphatic rings. The first-order chi connectivity index (χ1) is 17.7. The van der Waals surface area contributed by atoms with Gasteiger partial charge < -0.3 is 10.1 Å². The maximum atomic E-state index is 13.7. The Morgan fingerprint density at radius 3 is 2.41 bits per heavy atom. The van der Waals surface area contributed by atoms with Crippen LogP contribution in [0.5, 0.6) is 5.75 Å². The Labute approximate surface area is 221 Å². The molecule has 0 radical (unpaired) electrons. The zero-order valence-electron chi connectivity index (χ0n) is 21.2. The highest BCUT2D eigenvalue weighted by Gasteiger charge is 2.25. The molecule has 1 amide bonds. The van der Waals surface area contributed by atoms with Crippen molar-refractivity contribution in [2.45, 2.75) is 38.7 Å². The van der Waals surface area contributed by atoms with Crippen LogP contribution in [0.25, 0.3) is 16.3 Å². The summed E-state index contributed by atoms with van der Waals surface area (Å²) in [7, 11) is -3.74. The van der Waals surface area contributed by atoms with Crippen LogP contribution in [0.1, 0.15) is 38.2 Å². The standard InChI is InChI=1S/C27H30N4O4S2/c1-5-30(6-2)37(33,34)21-14-15-25(35-19(3)4)22(17-21)28-27(32)24-18-23(26-13-10-16-36-26)29-31(24)20-11-8-7-9-12-20/h7-19H,5-6H2,1-4H3,(H,28,32). The van der Waals surface area contributed by atoms with Crippen molar-refractivity contribution in [3.8, 4) is 22.0 Å². The molecular weight excluding hydrogens is 508 g/mol. The van der Waals surface area contributed by atoms with Crippen LogP contribution in [0.4, 0.5) is 5.69 Å². The highest BCUT2D eigenvalue weighted by molar-refractivity contribution is 7.89. The maximum Gasteiger partial charge on any atom is 0.274 e. The molecule has 4 aromatic rings. The summed E-state index contributed by atoms with van der Waals surface area (Å²) in [6, 6.07) is 19.5. The molecular formula is C27H30N4O4S2. The fourth-order valence-electron chi connectivity index (χ4n) is 3.88. The molecule has 0 spiro atoms. The van der Waals surface area contributed by atoms with E-state index in [9.17, 15) is 13.2 Å².